The van der Waals surface area contributed by atoms with Crippen molar-refractivity contribution in [3.63, 3.8) is 0 Å². The topological polar surface area (TPSA) is 65.7 Å². The summed E-state index contributed by atoms with van der Waals surface area (Å²) in [6.07, 6.45) is 9.37. The van der Waals surface area contributed by atoms with Gasteiger partial charge in [-0.15, -0.1) is 0 Å². The van der Waals surface area contributed by atoms with E-state index in [1.54, 1.807) is 0 Å². The Balaban J connectivity index is 1.41. The SMILES string of the molecule is Cc1c(I)cnn1CC12CC3(C)CC(C)(C1)CC(OCCOCCOCCO)(C3)C2. The first kappa shape index (κ1) is 23.0. The normalized spacial score (nSPS) is 37.2. The van der Waals surface area contributed by atoms with Gasteiger partial charge in [-0.05, 0) is 84.3 Å². The van der Waals surface area contributed by atoms with E-state index in [2.05, 4.69) is 48.0 Å². The summed E-state index contributed by atoms with van der Waals surface area (Å²) in [5.74, 6) is 0. The molecule has 7 heteroatoms. The lowest BCUT2D eigenvalue weighted by Gasteiger charge is -2.69. The number of hydrogen-bond donors (Lipinski definition) is 1. The van der Waals surface area contributed by atoms with E-state index >= 15 is 0 Å². The number of nitrogens with zero attached hydrogens (tertiary/aromatic N) is 2. The number of hydrogen-bond acceptors (Lipinski definition) is 5. The summed E-state index contributed by atoms with van der Waals surface area (Å²) < 4.78 is 21.1. The Labute approximate surface area is 194 Å². The lowest BCUT2D eigenvalue weighted by atomic mass is 9.39. The van der Waals surface area contributed by atoms with Gasteiger partial charge in [0.15, 0.2) is 0 Å². The molecule has 1 heterocycles. The maximum Gasteiger partial charge on any atom is 0.0708 e. The van der Waals surface area contributed by atoms with Crippen LogP contribution in [0, 0.1) is 26.7 Å². The molecule has 0 aromatic carbocycles. The molecule has 4 aliphatic carbocycles. The summed E-state index contributed by atoms with van der Waals surface area (Å²) >= 11 is 2.39. The van der Waals surface area contributed by atoms with Crippen LogP contribution in [0.5, 0.6) is 0 Å². The van der Waals surface area contributed by atoms with E-state index in [1.807, 2.05) is 6.20 Å². The lowest BCUT2D eigenvalue weighted by molar-refractivity contribution is -0.250. The first-order chi connectivity index (χ1) is 14.2. The molecule has 0 aliphatic heterocycles. The first-order valence-corrected chi connectivity index (χ1v) is 12.4. The number of halogens is 1. The van der Waals surface area contributed by atoms with Crippen LogP contribution in [0.4, 0.5) is 0 Å². The standard InChI is InChI=1S/C23H37IN2O4/c1-18-19(24)10-25-26(18)17-22-12-20(2)11-21(3,13-22)15-23(14-20,16-22)30-9-8-29-7-6-28-5-4-27/h10,27H,4-9,11-17H2,1-3H3. The van der Waals surface area contributed by atoms with Gasteiger partial charge in [-0.2, -0.15) is 5.10 Å². The molecule has 0 amide bonds. The van der Waals surface area contributed by atoms with Gasteiger partial charge in [0.05, 0.1) is 55.0 Å². The smallest absolute Gasteiger partial charge is 0.0708 e. The molecule has 1 N–H and O–H groups in total. The molecule has 2 atom stereocenters. The summed E-state index contributed by atoms with van der Waals surface area (Å²) in [4.78, 5) is 0. The van der Waals surface area contributed by atoms with Gasteiger partial charge in [0.25, 0.3) is 0 Å². The van der Waals surface area contributed by atoms with Crippen molar-refractivity contribution in [3.05, 3.63) is 15.5 Å². The van der Waals surface area contributed by atoms with Gasteiger partial charge in [-0.3, -0.25) is 4.68 Å². The van der Waals surface area contributed by atoms with Gasteiger partial charge in [-0.25, -0.2) is 0 Å². The van der Waals surface area contributed by atoms with E-state index in [0.717, 1.165) is 13.0 Å². The van der Waals surface area contributed by atoms with Crippen LogP contribution in [0.25, 0.3) is 0 Å². The Kier molecular flexibility index (Phi) is 6.59. The quantitative estimate of drug-likeness (QED) is 0.346. The van der Waals surface area contributed by atoms with Crippen molar-refractivity contribution in [2.45, 2.75) is 71.4 Å². The Bertz CT molecular complexity index is 734. The maximum atomic E-state index is 8.74. The summed E-state index contributed by atoms with van der Waals surface area (Å²) in [5.41, 5.74) is 2.25. The van der Waals surface area contributed by atoms with E-state index in [0.29, 0.717) is 43.9 Å². The van der Waals surface area contributed by atoms with Crippen LogP contribution in [-0.4, -0.2) is 60.1 Å². The molecule has 4 saturated carbocycles. The molecule has 30 heavy (non-hydrogen) atoms. The molecule has 4 fully saturated rings. The second-order valence-corrected chi connectivity index (χ2v) is 12.1. The zero-order valence-corrected chi connectivity index (χ0v) is 20.9. The Morgan fingerprint density at radius 2 is 1.60 bits per heavy atom. The largest absolute Gasteiger partial charge is 0.394 e. The number of rotatable bonds is 11. The van der Waals surface area contributed by atoms with E-state index in [-0.39, 0.29) is 17.6 Å². The number of aliphatic hydroxyl groups excluding tert-OH is 1. The van der Waals surface area contributed by atoms with Gasteiger partial charge >= 0.3 is 0 Å². The molecule has 170 valence electrons. The Morgan fingerprint density at radius 3 is 2.20 bits per heavy atom. The van der Waals surface area contributed by atoms with Gasteiger partial charge in [0.1, 0.15) is 0 Å². The lowest BCUT2D eigenvalue weighted by Crippen LogP contribution is -2.64. The number of aliphatic hydroxyl groups is 1. The highest BCUT2D eigenvalue weighted by Gasteiger charge is 2.66. The molecular weight excluding hydrogens is 495 g/mol. The second-order valence-electron chi connectivity index (χ2n) is 10.9. The van der Waals surface area contributed by atoms with Crippen molar-refractivity contribution in [3.8, 4) is 0 Å². The number of aromatic nitrogens is 2. The van der Waals surface area contributed by atoms with Crippen LogP contribution in [0.1, 0.15) is 58.1 Å². The zero-order valence-electron chi connectivity index (χ0n) is 18.7. The monoisotopic (exact) mass is 532 g/mol. The molecule has 1 aromatic rings. The van der Waals surface area contributed by atoms with Crippen LogP contribution in [-0.2, 0) is 20.8 Å². The van der Waals surface area contributed by atoms with Crippen molar-refractivity contribution in [2.24, 2.45) is 16.2 Å². The summed E-state index contributed by atoms with van der Waals surface area (Å²) in [7, 11) is 0. The van der Waals surface area contributed by atoms with Crippen LogP contribution in [0.2, 0.25) is 0 Å². The second kappa shape index (κ2) is 8.61. The average Bonchev–Trinajstić information content (AvgIpc) is 2.92. The predicted molar refractivity (Wildman–Crippen MR) is 123 cm³/mol. The fourth-order valence-corrected chi connectivity index (χ4v) is 8.16. The molecule has 5 rings (SSSR count). The molecule has 4 aliphatic rings. The van der Waals surface area contributed by atoms with Gasteiger partial charge < -0.3 is 19.3 Å². The minimum atomic E-state index is -0.0246. The highest BCUT2D eigenvalue weighted by atomic mass is 127. The first-order valence-electron chi connectivity index (χ1n) is 11.3. The fourth-order valence-electron chi connectivity index (χ4n) is 7.76. The predicted octanol–water partition coefficient (Wildman–Crippen LogP) is 3.96. The Morgan fingerprint density at radius 1 is 0.967 bits per heavy atom. The minimum absolute atomic E-state index is 0.0246. The molecule has 0 saturated heterocycles. The third-order valence-corrected chi connectivity index (χ3v) is 8.48. The summed E-state index contributed by atoms with van der Waals surface area (Å²) in [6.45, 7) is 10.9. The third kappa shape index (κ3) is 4.75. The summed E-state index contributed by atoms with van der Waals surface area (Å²) in [5, 5.41) is 13.4. The van der Waals surface area contributed by atoms with Crippen molar-refractivity contribution in [1.29, 1.82) is 0 Å². The van der Waals surface area contributed by atoms with Crippen molar-refractivity contribution >= 4 is 22.6 Å². The molecule has 0 spiro atoms. The maximum absolute atomic E-state index is 8.74. The summed E-state index contributed by atoms with van der Waals surface area (Å²) in [6, 6.07) is 0. The number of ether oxygens (including phenoxy) is 3. The molecule has 1 aromatic heterocycles. The highest BCUT2D eigenvalue weighted by Crippen LogP contribution is 2.72. The van der Waals surface area contributed by atoms with E-state index < -0.39 is 0 Å². The third-order valence-electron chi connectivity index (χ3n) is 7.42. The van der Waals surface area contributed by atoms with Gasteiger partial charge in [0.2, 0.25) is 0 Å². The Hall–Kier alpha value is -0.220. The average molecular weight is 532 g/mol. The van der Waals surface area contributed by atoms with E-state index in [1.165, 1.54) is 41.4 Å². The molecule has 4 bridgehead atoms. The van der Waals surface area contributed by atoms with Gasteiger partial charge in [-0.1, -0.05) is 13.8 Å². The highest BCUT2D eigenvalue weighted by molar-refractivity contribution is 14.1. The molecule has 2 unspecified atom stereocenters. The van der Waals surface area contributed by atoms with E-state index in [4.69, 9.17) is 24.4 Å². The fraction of sp³-hybridized carbons (Fsp3) is 0.870. The molecule has 6 nitrogen and oxygen atoms in total. The van der Waals surface area contributed by atoms with Crippen molar-refractivity contribution < 1.29 is 19.3 Å². The van der Waals surface area contributed by atoms with Crippen molar-refractivity contribution in [2.75, 3.05) is 39.6 Å². The molecule has 0 radical (unpaired) electrons. The zero-order chi connectivity index (χ0) is 21.5. The molecular formula is C23H37IN2O4. The van der Waals surface area contributed by atoms with E-state index in [9.17, 15) is 0 Å². The van der Waals surface area contributed by atoms with Crippen molar-refractivity contribution in [1.82, 2.24) is 9.78 Å². The van der Waals surface area contributed by atoms with Crippen LogP contribution in [0.15, 0.2) is 6.20 Å². The minimum Gasteiger partial charge on any atom is -0.394 e. The van der Waals surface area contributed by atoms with Gasteiger partial charge in [0, 0.05) is 12.2 Å². The van der Waals surface area contributed by atoms with Crippen LogP contribution >= 0.6 is 22.6 Å². The van der Waals surface area contributed by atoms with Crippen LogP contribution in [0.3, 0.4) is 0 Å². The van der Waals surface area contributed by atoms with Crippen LogP contribution < -0.4 is 0 Å².